The normalized spacial score (nSPS) is 21.0. The third kappa shape index (κ3) is 2.20. The van der Waals surface area contributed by atoms with Gasteiger partial charge >= 0.3 is 5.97 Å². The molecule has 2 atom stereocenters. The van der Waals surface area contributed by atoms with Gasteiger partial charge in [-0.3, -0.25) is 0 Å². The van der Waals surface area contributed by atoms with E-state index in [0.29, 0.717) is 5.56 Å². The summed E-state index contributed by atoms with van der Waals surface area (Å²) in [7, 11) is 1.62. The van der Waals surface area contributed by atoms with Crippen LogP contribution in [0, 0.1) is 0 Å². The van der Waals surface area contributed by atoms with Gasteiger partial charge in [-0.25, -0.2) is 4.79 Å². The highest BCUT2D eigenvalue weighted by Crippen LogP contribution is 2.44. The lowest BCUT2D eigenvalue weighted by molar-refractivity contribution is 0.0249. The molecule has 3 rings (SSSR count). The van der Waals surface area contributed by atoms with Crippen LogP contribution in [-0.2, 0) is 4.74 Å². The molecule has 2 unspecified atom stereocenters. The van der Waals surface area contributed by atoms with Crippen molar-refractivity contribution in [1.82, 2.24) is 0 Å². The van der Waals surface area contributed by atoms with E-state index in [4.69, 9.17) is 9.47 Å². The molecule has 20 heavy (non-hydrogen) atoms. The Morgan fingerprint density at radius 2 is 1.80 bits per heavy atom. The summed E-state index contributed by atoms with van der Waals surface area (Å²) in [6.07, 6.45) is -0.330. The van der Waals surface area contributed by atoms with Gasteiger partial charge in [0.2, 0.25) is 0 Å². The van der Waals surface area contributed by atoms with Crippen molar-refractivity contribution in [3.63, 3.8) is 0 Å². The molecule has 1 heterocycles. The zero-order chi connectivity index (χ0) is 14.1. The molecule has 1 aliphatic heterocycles. The van der Waals surface area contributed by atoms with E-state index in [-0.39, 0.29) is 16.9 Å². The maximum atomic E-state index is 12.1. The van der Waals surface area contributed by atoms with Crippen LogP contribution in [0.5, 0.6) is 5.75 Å². The minimum absolute atomic E-state index is 0.0511. The molecule has 2 aromatic rings. The Morgan fingerprint density at radius 1 is 1.10 bits per heavy atom. The minimum atomic E-state index is -0.330. The predicted molar refractivity (Wildman–Crippen MR) is 79.3 cm³/mol. The second-order valence-corrected chi connectivity index (χ2v) is 5.57. The van der Waals surface area contributed by atoms with Crippen LogP contribution in [0.25, 0.3) is 0 Å². The van der Waals surface area contributed by atoms with E-state index in [0.717, 1.165) is 16.9 Å². The van der Waals surface area contributed by atoms with E-state index in [1.807, 2.05) is 42.5 Å². The van der Waals surface area contributed by atoms with Crippen molar-refractivity contribution in [2.75, 3.05) is 7.11 Å². The molecule has 0 bridgehead atoms. The fourth-order valence-corrected chi connectivity index (χ4v) is 3.17. The van der Waals surface area contributed by atoms with E-state index in [1.165, 1.54) is 0 Å². The fourth-order valence-electron chi connectivity index (χ4n) is 2.36. The summed E-state index contributed by atoms with van der Waals surface area (Å²) in [5.41, 5.74) is 2.53. The van der Waals surface area contributed by atoms with Gasteiger partial charge in [0.05, 0.1) is 17.5 Å². The summed E-state index contributed by atoms with van der Waals surface area (Å²) in [6.45, 7) is 0. The molecule has 3 nitrogen and oxygen atoms in total. The Hall–Kier alpha value is -1.81. The van der Waals surface area contributed by atoms with E-state index in [1.54, 1.807) is 13.2 Å². The second-order valence-electron chi connectivity index (χ2n) is 4.59. The Bertz CT molecular complexity index is 636. The molecule has 0 saturated carbocycles. The molecule has 102 valence electrons. The number of rotatable bonds is 2. The Kier molecular flexibility index (Phi) is 3.49. The first-order chi connectivity index (χ1) is 9.70. The van der Waals surface area contributed by atoms with E-state index < -0.39 is 0 Å². The van der Waals surface area contributed by atoms with Gasteiger partial charge in [0, 0.05) is 0 Å². The SMILES string of the molecule is COc1ccc(C2OC(=O)c3ccccc3C2Br)cc1. The summed E-state index contributed by atoms with van der Waals surface area (Å²) in [5, 5.41) is 0. The van der Waals surface area contributed by atoms with Crippen molar-refractivity contribution < 1.29 is 14.3 Å². The number of esters is 1. The lowest BCUT2D eigenvalue weighted by Crippen LogP contribution is -2.23. The van der Waals surface area contributed by atoms with Gasteiger partial charge in [0.25, 0.3) is 0 Å². The van der Waals surface area contributed by atoms with Crippen LogP contribution in [0.15, 0.2) is 48.5 Å². The molecular formula is C16H13BrO3. The van der Waals surface area contributed by atoms with Crippen LogP contribution < -0.4 is 4.74 Å². The van der Waals surface area contributed by atoms with Crippen LogP contribution in [-0.4, -0.2) is 13.1 Å². The lowest BCUT2D eigenvalue weighted by Gasteiger charge is -2.29. The lowest BCUT2D eigenvalue weighted by atomic mass is 9.94. The first-order valence-electron chi connectivity index (χ1n) is 6.28. The summed E-state index contributed by atoms with van der Waals surface area (Å²) in [4.78, 5) is 12.0. The second kappa shape index (κ2) is 5.29. The number of cyclic esters (lactones) is 1. The first kappa shape index (κ1) is 13.2. The molecule has 0 radical (unpaired) electrons. The highest BCUT2D eigenvalue weighted by Gasteiger charge is 2.34. The Balaban J connectivity index is 1.97. The van der Waals surface area contributed by atoms with Crippen LogP contribution >= 0.6 is 15.9 Å². The topological polar surface area (TPSA) is 35.5 Å². The third-order valence-corrected chi connectivity index (χ3v) is 4.40. The molecule has 0 saturated heterocycles. The minimum Gasteiger partial charge on any atom is -0.497 e. The third-order valence-electron chi connectivity index (χ3n) is 3.42. The quantitative estimate of drug-likeness (QED) is 0.615. The van der Waals surface area contributed by atoms with Crippen molar-refractivity contribution in [1.29, 1.82) is 0 Å². The molecule has 0 N–H and O–H groups in total. The van der Waals surface area contributed by atoms with E-state index >= 15 is 0 Å². The molecule has 0 spiro atoms. The van der Waals surface area contributed by atoms with Gasteiger partial charge in [-0.15, -0.1) is 0 Å². The highest BCUT2D eigenvalue weighted by atomic mass is 79.9. The highest BCUT2D eigenvalue weighted by molar-refractivity contribution is 9.09. The maximum Gasteiger partial charge on any atom is 0.339 e. The summed E-state index contributed by atoms with van der Waals surface area (Å²) >= 11 is 3.64. The van der Waals surface area contributed by atoms with E-state index in [2.05, 4.69) is 15.9 Å². The zero-order valence-electron chi connectivity index (χ0n) is 10.9. The molecule has 1 aliphatic rings. The van der Waals surface area contributed by atoms with Gasteiger partial charge in [0.15, 0.2) is 0 Å². The number of alkyl halides is 1. The van der Waals surface area contributed by atoms with Crippen LogP contribution in [0.3, 0.4) is 0 Å². The Labute approximate surface area is 125 Å². The fraction of sp³-hybridized carbons (Fsp3) is 0.188. The molecule has 0 aliphatic carbocycles. The number of halogens is 1. The molecule has 2 aromatic carbocycles. The number of hydrogen-bond donors (Lipinski definition) is 0. The van der Waals surface area contributed by atoms with Crippen LogP contribution in [0.2, 0.25) is 0 Å². The number of hydrogen-bond acceptors (Lipinski definition) is 3. The number of ether oxygens (including phenoxy) is 2. The summed E-state index contributed by atoms with van der Waals surface area (Å²) in [5.74, 6) is 0.500. The maximum absolute atomic E-state index is 12.1. The molecule has 0 aromatic heterocycles. The average molecular weight is 333 g/mol. The number of methoxy groups -OCH3 is 1. The van der Waals surface area contributed by atoms with Crippen molar-refractivity contribution in [2.45, 2.75) is 10.9 Å². The van der Waals surface area contributed by atoms with Gasteiger partial charge < -0.3 is 9.47 Å². The summed E-state index contributed by atoms with van der Waals surface area (Å²) < 4.78 is 10.7. The molecular weight excluding hydrogens is 320 g/mol. The smallest absolute Gasteiger partial charge is 0.339 e. The molecule has 0 fully saturated rings. The molecule has 0 amide bonds. The summed E-state index contributed by atoms with van der Waals surface area (Å²) in [6, 6.07) is 15.1. The van der Waals surface area contributed by atoms with E-state index in [9.17, 15) is 4.79 Å². The van der Waals surface area contributed by atoms with Crippen LogP contribution in [0.4, 0.5) is 0 Å². The zero-order valence-corrected chi connectivity index (χ0v) is 12.5. The van der Waals surface area contributed by atoms with Gasteiger partial charge in [-0.1, -0.05) is 46.3 Å². The van der Waals surface area contributed by atoms with Gasteiger partial charge in [-0.2, -0.15) is 0 Å². The number of benzene rings is 2. The van der Waals surface area contributed by atoms with Gasteiger partial charge in [0.1, 0.15) is 11.9 Å². The largest absolute Gasteiger partial charge is 0.497 e. The first-order valence-corrected chi connectivity index (χ1v) is 7.20. The van der Waals surface area contributed by atoms with Crippen molar-refractivity contribution in [2.24, 2.45) is 0 Å². The standard InChI is InChI=1S/C16H13BrO3/c1-19-11-8-6-10(7-9-11)15-14(17)12-4-2-3-5-13(12)16(18)20-15/h2-9,14-15H,1H3. The van der Waals surface area contributed by atoms with Crippen LogP contribution in [0.1, 0.15) is 32.4 Å². The van der Waals surface area contributed by atoms with Crippen molar-refractivity contribution in [3.05, 3.63) is 65.2 Å². The van der Waals surface area contributed by atoms with Crippen molar-refractivity contribution >= 4 is 21.9 Å². The monoisotopic (exact) mass is 332 g/mol. The van der Waals surface area contributed by atoms with Crippen molar-refractivity contribution in [3.8, 4) is 5.75 Å². The predicted octanol–water partition coefficient (Wildman–Crippen LogP) is 4.04. The number of fused-ring (bicyclic) bond motifs is 1. The Morgan fingerprint density at radius 3 is 2.50 bits per heavy atom. The molecule has 4 heteroatoms. The average Bonchev–Trinajstić information content (AvgIpc) is 2.51. The number of carbonyl (C=O) groups excluding carboxylic acids is 1. The number of carbonyl (C=O) groups is 1. The van der Waals surface area contributed by atoms with Gasteiger partial charge in [-0.05, 0) is 29.3 Å².